The summed E-state index contributed by atoms with van der Waals surface area (Å²) in [7, 11) is 0. The summed E-state index contributed by atoms with van der Waals surface area (Å²) in [6, 6.07) is 10.5. The number of benzene rings is 2. The number of nitrogens with zero attached hydrogens (tertiary/aromatic N) is 2. The summed E-state index contributed by atoms with van der Waals surface area (Å²) >= 11 is 3.53. The maximum absolute atomic E-state index is 10.9. The Morgan fingerprint density at radius 3 is 2.48 bits per heavy atom. The van der Waals surface area contributed by atoms with Crippen molar-refractivity contribution < 1.29 is 9.90 Å². The number of halogens is 1. The summed E-state index contributed by atoms with van der Waals surface area (Å²) in [5.74, 6) is -0.966. The van der Waals surface area contributed by atoms with E-state index >= 15 is 0 Å². The van der Waals surface area contributed by atoms with E-state index in [1.165, 1.54) is 12.1 Å². The van der Waals surface area contributed by atoms with Crippen LogP contribution >= 0.6 is 15.9 Å². The molecule has 0 aliphatic heterocycles. The van der Waals surface area contributed by atoms with E-state index < -0.39 is 5.97 Å². The Morgan fingerprint density at radius 1 is 1.19 bits per heavy atom. The van der Waals surface area contributed by atoms with Gasteiger partial charge in [0.1, 0.15) is 0 Å². The Hall–Kier alpha value is -2.01. The van der Waals surface area contributed by atoms with Crippen LogP contribution in [-0.4, -0.2) is 11.1 Å². The molecule has 1 N–H and O–H groups in total. The highest BCUT2D eigenvalue weighted by Crippen LogP contribution is 2.23. The first-order valence-corrected chi connectivity index (χ1v) is 7.23. The predicted octanol–water partition coefficient (Wildman–Crippen LogP) is 5.05. The average molecular weight is 347 g/mol. The molecule has 2 aromatic carbocycles. The number of aromatic carboxylic acids is 1. The Morgan fingerprint density at radius 2 is 1.86 bits per heavy atom. The lowest BCUT2D eigenvalue weighted by molar-refractivity contribution is 0.0697. The molecule has 4 nitrogen and oxygen atoms in total. The smallest absolute Gasteiger partial charge is 0.335 e. The highest BCUT2D eigenvalue weighted by Gasteiger charge is 2.03. The van der Waals surface area contributed by atoms with Gasteiger partial charge in [0, 0.05) is 4.47 Å². The lowest BCUT2D eigenvalue weighted by Crippen LogP contribution is -1.94. The van der Waals surface area contributed by atoms with Crippen LogP contribution in [0.25, 0.3) is 0 Å². The largest absolute Gasteiger partial charge is 0.478 e. The molecule has 0 atom stereocenters. The van der Waals surface area contributed by atoms with E-state index in [9.17, 15) is 4.79 Å². The lowest BCUT2D eigenvalue weighted by Gasteiger charge is -2.05. The third-order valence-electron chi connectivity index (χ3n) is 3.03. The summed E-state index contributed by atoms with van der Waals surface area (Å²) in [6.07, 6.45) is 0. The molecular formula is C16H15BrN2O2. The SMILES string of the molecule is Cc1cc(CN=Nc2cccc(C(=O)O)c2)cc(C)c1Br. The van der Waals surface area contributed by atoms with Gasteiger partial charge in [-0.05, 0) is 48.7 Å². The molecule has 0 amide bonds. The molecule has 0 unspecified atom stereocenters. The maximum atomic E-state index is 10.9. The van der Waals surface area contributed by atoms with E-state index in [0.717, 1.165) is 21.2 Å². The molecule has 0 saturated heterocycles. The number of azo groups is 1. The van der Waals surface area contributed by atoms with Gasteiger partial charge in [0.25, 0.3) is 0 Å². The molecule has 2 rings (SSSR count). The second-order valence-electron chi connectivity index (χ2n) is 4.80. The van der Waals surface area contributed by atoms with Crippen LogP contribution in [-0.2, 0) is 6.54 Å². The molecule has 108 valence electrons. The molecule has 0 fully saturated rings. The standard InChI is InChI=1S/C16H15BrN2O2/c1-10-6-12(7-11(2)15(10)17)9-18-19-14-5-3-4-13(8-14)16(20)21/h3-8H,9H2,1-2H3,(H,20,21). The first-order valence-electron chi connectivity index (χ1n) is 6.44. The molecule has 0 aliphatic rings. The van der Waals surface area contributed by atoms with E-state index in [2.05, 4.69) is 38.3 Å². The second kappa shape index (κ2) is 6.63. The second-order valence-corrected chi connectivity index (χ2v) is 5.59. The van der Waals surface area contributed by atoms with Gasteiger partial charge in [-0.25, -0.2) is 4.79 Å². The zero-order valence-corrected chi connectivity index (χ0v) is 13.4. The number of hydrogen-bond donors (Lipinski definition) is 1. The molecule has 5 heteroatoms. The molecule has 0 heterocycles. The highest BCUT2D eigenvalue weighted by molar-refractivity contribution is 9.10. The van der Waals surface area contributed by atoms with E-state index in [0.29, 0.717) is 12.2 Å². The van der Waals surface area contributed by atoms with E-state index in [1.807, 2.05) is 13.8 Å². The molecule has 0 spiro atoms. The first kappa shape index (κ1) is 15.4. The number of aryl methyl sites for hydroxylation is 2. The van der Waals surface area contributed by atoms with Crippen molar-refractivity contribution in [3.05, 3.63) is 63.1 Å². The van der Waals surface area contributed by atoms with Crippen LogP contribution < -0.4 is 0 Å². The van der Waals surface area contributed by atoms with Crippen molar-refractivity contribution in [2.45, 2.75) is 20.4 Å². The Labute approximate surface area is 131 Å². The fourth-order valence-corrected chi connectivity index (χ4v) is 2.26. The van der Waals surface area contributed by atoms with Crippen LogP contribution in [0.3, 0.4) is 0 Å². The van der Waals surface area contributed by atoms with Crippen molar-refractivity contribution in [3.8, 4) is 0 Å². The first-order chi connectivity index (χ1) is 9.97. The number of rotatable bonds is 4. The lowest BCUT2D eigenvalue weighted by atomic mass is 10.1. The van der Waals surface area contributed by atoms with E-state index in [1.54, 1.807) is 12.1 Å². The van der Waals surface area contributed by atoms with Gasteiger partial charge in [0.05, 0.1) is 17.8 Å². The molecule has 0 bridgehead atoms. The number of carboxylic acid groups (broad SMARTS) is 1. The molecule has 0 aromatic heterocycles. The summed E-state index contributed by atoms with van der Waals surface area (Å²) in [5.41, 5.74) is 4.15. The zero-order chi connectivity index (χ0) is 15.4. The van der Waals surface area contributed by atoms with Crippen molar-refractivity contribution >= 4 is 27.6 Å². The number of carboxylic acids is 1. The number of carbonyl (C=O) groups is 1. The summed E-state index contributed by atoms with van der Waals surface area (Å²) in [5, 5.41) is 17.1. The van der Waals surface area contributed by atoms with Crippen LogP contribution in [0.2, 0.25) is 0 Å². The van der Waals surface area contributed by atoms with Crippen molar-refractivity contribution in [2.75, 3.05) is 0 Å². The van der Waals surface area contributed by atoms with Crippen molar-refractivity contribution in [2.24, 2.45) is 10.2 Å². The van der Waals surface area contributed by atoms with Crippen LogP contribution in [0, 0.1) is 13.8 Å². The third-order valence-corrected chi connectivity index (χ3v) is 4.28. The number of hydrogen-bond acceptors (Lipinski definition) is 3. The minimum atomic E-state index is -0.966. The van der Waals surface area contributed by atoms with E-state index in [4.69, 9.17) is 5.11 Å². The van der Waals surface area contributed by atoms with Gasteiger partial charge in [0.2, 0.25) is 0 Å². The average Bonchev–Trinajstić information content (AvgIpc) is 2.45. The predicted molar refractivity (Wildman–Crippen MR) is 85.2 cm³/mol. The fraction of sp³-hybridized carbons (Fsp3) is 0.188. The molecular weight excluding hydrogens is 332 g/mol. The van der Waals surface area contributed by atoms with Gasteiger partial charge in [-0.1, -0.05) is 34.1 Å². The van der Waals surface area contributed by atoms with Gasteiger partial charge in [-0.3, -0.25) is 0 Å². The quantitative estimate of drug-likeness (QED) is 0.787. The Balaban J connectivity index is 2.12. The van der Waals surface area contributed by atoms with Crippen LogP contribution in [0.5, 0.6) is 0 Å². The van der Waals surface area contributed by atoms with E-state index in [-0.39, 0.29) is 5.56 Å². The summed E-state index contributed by atoms with van der Waals surface area (Å²) in [6.45, 7) is 4.54. The van der Waals surface area contributed by atoms with Gasteiger partial charge >= 0.3 is 5.97 Å². The molecule has 0 radical (unpaired) electrons. The Kier molecular flexibility index (Phi) is 4.85. The minimum Gasteiger partial charge on any atom is -0.478 e. The molecule has 2 aromatic rings. The Bertz CT molecular complexity index is 688. The van der Waals surface area contributed by atoms with Crippen LogP contribution in [0.4, 0.5) is 5.69 Å². The maximum Gasteiger partial charge on any atom is 0.335 e. The molecule has 21 heavy (non-hydrogen) atoms. The topological polar surface area (TPSA) is 62.0 Å². The fourth-order valence-electron chi connectivity index (χ4n) is 2.03. The van der Waals surface area contributed by atoms with Crippen molar-refractivity contribution in [1.82, 2.24) is 0 Å². The zero-order valence-electron chi connectivity index (χ0n) is 11.8. The van der Waals surface area contributed by atoms with Gasteiger partial charge in [-0.15, -0.1) is 0 Å². The normalized spacial score (nSPS) is 11.0. The van der Waals surface area contributed by atoms with Crippen molar-refractivity contribution in [1.29, 1.82) is 0 Å². The molecule has 0 aliphatic carbocycles. The third kappa shape index (κ3) is 3.98. The van der Waals surface area contributed by atoms with Crippen molar-refractivity contribution in [3.63, 3.8) is 0 Å². The summed E-state index contributed by atoms with van der Waals surface area (Å²) < 4.78 is 1.11. The van der Waals surface area contributed by atoms with Gasteiger partial charge in [0.15, 0.2) is 0 Å². The van der Waals surface area contributed by atoms with Gasteiger partial charge in [-0.2, -0.15) is 10.2 Å². The van der Waals surface area contributed by atoms with Crippen LogP contribution in [0.1, 0.15) is 27.0 Å². The van der Waals surface area contributed by atoms with Gasteiger partial charge < -0.3 is 5.11 Å². The minimum absolute atomic E-state index is 0.210. The van der Waals surface area contributed by atoms with Crippen LogP contribution in [0.15, 0.2) is 51.1 Å². The monoisotopic (exact) mass is 346 g/mol. The molecule has 0 saturated carbocycles. The summed E-state index contributed by atoms with van der Waals surface area (Å²) in [4.78, 5) is 10.9. The highest BCUT2D eigenvalue weighted by atomic mass is 79.9.